The maximum atomic E-state index is 13.8. The van der Waals surface area contributed by atoms with Crippen molar-refractivity contribution in [2.75, 3.05) is 12.4 Å². The van der Waals surface area contributed by atoms with Gasteiger partial charge in [-0.3, -0.25) is 14.6 Å². The van der Waals surface area contributed by atoms with E-state index >= 15 is 0 Å². The second-order valence-electron chi connectivity index (χ2n) is 10.9. The molecular weight excluding hydrogens is 597 g/mol. The molecule has 1 saturated carbocycles. The van der Waals surface area contributed by atoms with Gasteiger partial charge in [-0.1, -0.05) is 84.5 Å². The molecule has 44 heavy (non-hydrogen) atoms. The standard InChI is InChI=1S/C27H43N7O2.C4H6Cl2.C2H6/c1-7-19(4)24-26(36)34(27(31-24)15-9-8-10-16-27)22(14-11-18(2)3)20(5)12-13-21(6)25(35)30-17-23(28)32-33-29;1-4(6)2-3-5;1-2/h12-13,18,22,33H,4-11,14-17,29H2,1-3H3,(H2,28,32)(H,30,35);2H,3H2,1H3;1-2H3/b13-12-;4-2+;. The van der Waals surface area contributed by atoms with E-state index in [1.165, 1.54) is 0 Å². The second kappa shape index (κ2) is 21.8. The first-order valence-electron chi connectivity index (χ1n) is 15.4. The third-order valence-electron chi connectivity index (χ3n) is 7.15. The Morgan fingerprint density at radius 1 is 1.16 bits per heavy atom. The second-order valence-corrected chi connectivity index (χ2v) is 11.8. The number of hydrazine groups is 1. The Balaban J connectivity index is 0.00000206. The molecule has 0 aromatic rings. The van der Waals surface area contributed by atoms with Crippen LogP contribution in [0.1, 0.15) is 92.9 Å². The highest BCUT2D eigenvalue weighted by atomic mass is 35.5. The van der Waals surface area contributed by atoms with E-state index in [1.807, 2.05) is 25.7 Å². The molecule has 1 unspecified atom stereocenters. The number of rotatable bonds is 14. The third kappa shape index (κ3) is 13.4. The molecule has 0 aromatic carbocycles. The van der Waals surface area contributed by atoms with Crippen LogP contribution in [0.3, 0.4) is 0 Å². The Labute approximate surface area is 275 Å². The monoisotopic (exact) mass is 651 g/mol. The van der Waals surface area contributed by atoms with Crippen LogP contribution in [0.25, 0.3) is 0 Å². The average molecular weight is 653 g/mol. The SMILES string of the molecule is C/C(Cl)=C\CCl.C=C(/C=C\C(=C)C(CCC(C)C)N1C(=O)C(C(=C)CC)=NC12CCCCC2)C(=O)NC/C(N)=N/NN.CC. The summed E-state index contributed by atoms with van der Waals surface area (Å²) in [5.74, 6) is 5.74. The maximum absolute atomic E-state index is 13.8. The molecule has 1 atom stereocenters. The van der Waals surface area contributed by atoms with E-state index in [4.69, 9.17) is 39.8 Å². The van der Waals surface area contributed by atoms with E-state index in [0.29, 0.717) is 23.9 Å². The molecule has 6 N–H and O–H groups in total. The molecule has 0 radical (unpaired) electrons. The summed E-state index contributed by atoms with van der Waals surface area (Å²) in [5.41, 5.74) is 9.41. The fourth-order valence-electron chi connectivity index (χ4n) is 4.79. The predicted molar refractivity (Wildman–Crippen MR) is 188 cm³/mol. The lowest BCUT2D eigenvalue weighted by Gasteiger charge is -2.44. The van der Waals surface area contributed by atoms with Crippen molar-refractivity contribution in [3.05, 3.63) is 59.7 Å². The molecule has 9 nitrogen and oxygen atoms in total. The fraction of sp³-hybridized carbons (Fsp3) is 0.576. The van der Waals surface area contributed by atoms with Gasteiger partial charge in [0.1, 0.15) is 17.2 Å². The minimum Gasteiger partial charge on any atom is -0.384 e. The van der Waals surface area contributed by atoms with Crippen molar-refractivity contribution in [2.45, 2.75) is 105 Å². The van der Waals surface area contributed by atoms with Crippen LogP contribution >= 0.6 is 23.2 Å². The molecule has 2 rings (SSSR count). The summed E-state index contributed by atoms with van der Waals surface area (Å²) in [4.78, 5) is 33.2. The first-order chi connectivity index (χ1) is 20.8. The molecule has 2 amide bonds. The molecule has 2 aliphatic rings. The van der Waals surface area contributed by atoms with Gasteiger partial charge in [0.25, 0.3) is 11.8 Å². The number of hydrazone groups is 1. The highest BCUT2D eigenvalue weighted by Gasteiger charge is 2.50. The van der Waals surface area contributed by atoms with E-state index in [0.717, 1.165) is 61.1 Å². The molecule has 0 saturated heterocycles. The van der Waals surface area contributed by atoms with Crippen LogP contribution < -0.4 is 22.4 Å². The first-order valence-corrected chi connectivity index (χ1v) is 16.4. The van der Waals surface area contributed by atoms with Gasteiger partial charge in [0, 0.05) is 16.5 Å². The van der Waals surface area contributed by atoms with Crippen LogP contribution in [0.15, 0.2) is 69.8 Å². The van der Waals surface area contributed by atoms with Gasteiger partial charge in [-0.2, -0.15) is 5.10 Å². The van der Waals surface area contributed by atoms with Crippen molar-refractivity contribution in [3.8, 4) is 0 Å². The Morgan fingerprint density at radius 3 is 2.25 bits per heavy atom. The molecule has 248 valence electrons. The van der Waals surface area contributed by atoms with Crippen LogP contribution in [0, 0.1) is 5.92 Å². The molecule has 1 aliphatic heterocycles. The zero-order valence-corrected chi connectivity index (χ0v) is 29.2. The van der Waals surface area contributed by atoms with Crippen molar-refractivity contribution >= 4 is 46.6 Å². The molecule has 11 heteroatoms. The highest BCUT2D eigenvalue weighted by molar-refractivity contribution is 6.46. The number of nitrogens with one attached hydrogen (secondary N) is 2. The summed E-state index contributed by atoms with van der Waals surface area (Å²) in [7, 11) is 0. The molecule has 1 heterocycles. The number of amidine groups is 1. The number of halogens is 2. The minimum atomic E-state index is -0.552. The number of nitrogens with two attached hydrogens (primary N) is 2. The summed E-state index contributed by atoms with van der Waals surface area (Å²) in [6.45, 7) is 24.4. The molecular formula is C33H55Cl2N7O2. The van der Waals surface area contributed by atoms with Crippen LogP contribution in [0.2, 0.25) is 0 Å². The topological polar surface area (TPSA) is 138 Å². The lowest BCUT2D eigenvalue weighted by molar-refractivity contribution is -0.131. The number of allylic oxidation sites excluding steroid dienone is 2. The summed E-state index contributed by atoms with van der Waals surface area (Å²) < 4.78 is 0. The Bertz CT molecular complexity index is 1100. The lowest BCUT2D eigenvalue weighted by Crippen LogP contribution is -2.54. The lowest BCUT2D eigenvalue weighted by atomic mass is 9.85. The number of hydrogen-bond acceptors (Lipinski definition) is 6. The normalized spacial score (nSPS) is 16.9. The van der Waals surface area contributed by atoms with Gasteiger partial charge in [0.15, 0.2) is 0 Å². The summed E-state index contributed by atoms with van der Waals surface area (Å²) >= 11 is 10.6. The molecule has 0 bridgehead atoms. The minimum absolute atomic E-state index is 0.0279. The number of hydrogen-bond donors (Lipinski definition) is 4. The average Bonchev–Trinajstić information content (AvgIpc) is 3.26. The molecule has 1 fully saturated rings. The van der Waals surface area contributed by atoms with Crippen molar-refractivity contribution in [2.24, 2.45) is 27.6 Å². The number of alkyl halides is 1. The van der Waals surface area contributed by atoms with Crippen molar-refractivity contribution in [3.63, 3.8) is 0 Å². The van der Waals surface area contributed by atoms with Crippen LogP contribution in [-0.2, 0) is 9.59 Å². The summed E-state index contributed by atoms with van der Waals surface area (Å²) in [6.07, 6.45) is 12.4. The van der Waals surface area contributed by atoms with Crippen molar-refractivity contribution in [1.82, 2.24) is 15.8 Å². The maximum Gasteiger partial charge on any atom is 0.274 e. The Morgan fingerprint density at radius 2 is 1.77 bits per heavy atom. The van der Waals surface area contributed by atoms with Gasteiger partial charge in [-0.05, 0) is 75.0 Å². The number of carbonyl (C=O) groups excluding carboxylic acids is 2. The highest BCUT2D eigenvalue weighted by Crippen LogP contribution is 2.43. The van der Waals surface area contributed by atoms with Gasteiger partial charge in [-0.25, -0.2) is 11.4 Å². The smallest absolute Gasteiger partial charge is 0.274 e. The fourth-order valence-corrected chi connectivity index (χ4v) is 5.18. The number of aliphatic imine (C=N–C) groups is 1. The van der Waals surface area contributed by atoms with E-state index in [-0.39, 0.29) is 35.8 Å². The predicted octanol–water partition coefficient (Wildman–Crippen LogP) is 6.62. The van der Waals surface area contributed by atoms with Gasteiger partial charge in [-0.15, -0.1) is 11.6 Å². The summed E-state index contributed by atoms with van der Waals surface area (Å²) in [5, 5.41) is 6.98. The van der Waals surface area contributed by atoms with E-state index in [9.17, 15) is 9.59 Å². The molecule has 1 aliphatic carbocycles. The van der Waals surface area contributed by atoms with E-state index in [2.05, 4.69) is 49.5 Å². The summed E-state index contributed by atoms with van der Waals surface area (Å²) in [6, 6.07) is -0.241. The first kappa shape index (κ1) is 41.1. The largest absolute Gasteiger partial charge is 0.384 e. The van der Waals surface area contributed by atoms with Gasteiger partial charge >= 0.3 is 0 Å². The van der Waals surface area contributed by atoms with Crippen molar-refractivity contribution < 1.29 is 9.59 Å². The number of nitrogens with zero attached hydrogens (tertiary/aromatic N) is 3. The quantitative estimate of drug-likeness (QED) is 0.0318. The molecule has 0 aromatic heterocycles. The third-order valence-corrected chi connectivity index (χ3v) is 7.46. The zero-order valence-electron chi connectivity index (χ0n) is 27.6. The van der Waals surface area contributed by atoms with Crippen molar-refractivity contribution in [1.29, 1.82) is 0 Å². The van der Waals surface area contributed by atoms with Gasteiger partial charge in [0.2, 0.25) is 0 Å². The van der Waals surface area contributed by atoms with Crippen LogP contribution in [0.5, 0.6) is 0 Å². The Hall–Kier alpha value is -2.88. The number of amides is 2. The van der Waals surface area contributed by atoms with Crippen LogP contribution in [-0.4, -0.2) is 52.4 Å². The van der Waals surface area contributed by atoms with Gasteiger partial charge < -0.3 is 16.0 Å². The van der Waals surface area contributed by atoms with Crippen LogP contribution in [0.4, 0.5) is 0 Å². The van der Waals surface area contributed by atoms with E-state index in [1.54, 1.807) is 25.2 Å². The molecule has 1 spiro atoms. The van der Waals surface area contributed by atoms with Gasteiger partial charge in [0.05, 0.1) is 12.6 Å². The number of carbonyl (C=O) groups is 2. The Kier molecular flexibility index (Phi) is 20.3. The van der Waals surface area contributed by atoms with E-state index < -0.39 is 5.66 Å². The zero-order chi connectivity index (χ0) is 33.9.